The van der Waals surface area contributed by atoms with E-state index in [0.29, 0.717) is 6.42 Å². The normalized spacial score (nSPS) is 15.3. The number of alkyl halides is 3. The predicted molar refractivity (Wildman–Crippen MR) is 34.7 cm³/mol. The van der Waals surface area contributed by atoms with Crippen LogP contribution in [-0.2, 0) is 0 Å². The van der Waals surface area contributed by atoms with Crippen molar-refractivity contribution >= 4 is 0 Å². The number of hydrogen-bond acceptors (Lipinski definition) is 0. The molecule has 0 amide bonds. The summed E-state index contributed by atoms with van der Waals surface area (Å²) in [6.45, 7) is 3.53. The Hall–Kier alpha value is -0.210. The highest BCUT2D eigenvalue weighted by Crippen LogP contribution is 2.26. The van der Waals surface area contributed by atoms with Crippen molar-refractivity contribution in [3.63, 3.8) is 0 Å². The van der Waals surface area contributed by atoms with Crippen LogP contribution in [0, 0.1) is 5.92 Å². The van der Waals surface area contributed by atoms with E-state index in [-0.39, 0.29) is 5.92 Å². The van der Waals surface area contributed by atoms with E-state index in [2.05, 4.69) is 0 Å². The molecule has 0 aromatic rings. The minimum Gasteiger partial charge on any atom is -0.171 e. The molecule has 0 aromatic carbocycles. The Bertz CT molecular complexity index is 85.3. The van der Waals surface area contributed by atoms with Gasteiger partial charge in [-0.05, 0) is 5.92 Å². The van der Waals surface area contributed by atoms with Crippen molar-refractivity contribution < 1.29 is 13.2 Å². The third kappa shape index (κ3) is 5.92. The van der Waals surface area contributed by atoms with E-state index in [0.717, 1.165) is 6.42 Å². The zero-order valence-corrected chi connectivity index (χ0v) is 6.33. The Morgan fingerprint density at radius 3 is 2.10 bits per heavy atom. The van der Waals surface area contributed by atoms with Crippen molar-refractivity contribution in [1.29, 1.82) is 0 Å². The minimum atomic E-state index is -3.98. The summed E-state index contributed by atoms with van der Waals surface area (Å²) in [7, 11) is 0. The lowest BCUT2D eigenvalue weighted by Crippen LogP contribution is -2.12. The minimum absolute atomic E-state index is 0.218. The lowest BCUT2D eigenvalue weighted by Gasteiger charge is -2.11. The van der Waals surface area contributed by atoms with Crippen LogP contribution in [0.5, 0.6) is 0 Å². The summed E-state index contributed by atoms with van der Waals surface area (Å²) in [5.41, 5.74) is 0. The van der Waals surface area contributed by atoms with E-state index >= 15 is 0 Å². The lowest BCUT2D eigenvalue weighted by molar-refractivity contribution is -0.143. The molecule has 0 saturated carbocycles. The van der Waals surface area contributed by atoms with E-state index < -0.39 is 12.6 Å². The molecule has 0 fully saturated rings. The predicted octanol–water partition coefficient (Wildman–Crippen LogP) is 3.38. The smallest absolute Gasteiger partial charge is 0.171 e. The van der Waals surface area contributed by atoms with Gasteiger partial charge >= 0.3 is 6.18 Å². The standard InChI is InChI=1S/C7H13F3/c1-3-4-6(2)5-7(8,9)10/h6H,3-5H2,1-2H3/t6-/m1/s1. The van der Waals surface area contributed by atoms with Crippen molar-refractivity contribution in [2.75, 3.05) is 0 Å². The van der Waals surface area contributed by atoms with Gasteiger partial charge in [0.15, 0.2) is 0 Å². The monoisotopic (exact) mass is 154 g/mol. The molecular formula is C7H13F3. The fraction of sp³-hybridized carbons (Fsp3) is 1.00. The molecule has 0 radical (unpaired) electrons. The topological polar surface area (TPSA) is 0 Å². The first-order valence-electron chi connectivity index (χ1n) is 3.52. The van der Waals surface area contributed by atoms with Gasteiger partial charge in [0.2, 0.25) is 0 Å². The largest absolute Gasteiger partial charge is 0.389 e. The first kappa shape index (κ1) is 9.79. The van der Waals surface area contributed by atoms with E-state index in [1.165, 1.54) is 0 Å². The van der Waals surface area contributed by atoms with Gasteiger partial charge in [-0.25, -0.2) is 0 Å². The van der Waals surface area contributed by atoms with Crippen LogP contribution in [0.3, 0.4) is 0 Å². The molecule has 0 spiro atoms. The first-order chi connectivity index (χ1) is 4.45. The van der Waals surface area contributed by atoms with Gasteiger partial charge in [-0.3, -0.25) is 0 Å². The van der Waals surface area contributed by atoms with Crippen molar-refractivity contribution in [2.45, 2.75) is 39.3 Å². The maximum atomic E-state index is 11.6. The molecule has 10 heavy (non-hydrogen) atoms. The highest BCUT2D eigenvalue weighted by atomic mass is 19.4. The second-order valence-corrected chi connectivity index (χ2v) is 2.71. The molecule has 0 rings (SSSR count). The molecule has 0 saturated heterocycles. The Kier molecular flexibility index (Phi) is 3.76. The summed E-state index contributed by atoms with van der Waals surface area (Å²) in [4.78, 5) is 0. The third-order valence-electron chi connectivity index (χ3n) is 1.36. The molecule has 0 bridgehead atoms. The van der Waals surface area contributed by atoms with Crippen molar-refractivity contribution in [3.8, 4) is 0 Å². The van der Waals surface area contributed by atoms with E-state index in [1.54, 1.807) is 6.92 Å². The highest BCUT2D eigenvalue weighted by Gasteiger charge is 2.29. The quantitative estimate of drug-likeness (QED) is 0.584. The van der Waals surface area contributed by atoms with Crippen LogP contribution in [0.2, 0.25) is 0 Å². The highest BCUT2D eigenvalue weighted by molar-refractivity contribution is 4.58. The van der Waals surface area contributed by atoms with Gasteiger partial charge in [0.1, 0.15) is 0 Å². The molecule has 0 heterocycles. The van der Waals surface area contributed by atoms with Crippen molar-refractivity contribution in [3.05, 3.63) is 0 Å². The van der Waals surface area contributed by atoms with Gasteiger partial charge in [-0.1, -0.05) is 26.7 Å². The van der Waals surface area contributed by atoms with Crippen LogP contribution in [-0.4, -0.2) is 6.18 Å². The third-order valence-corrected chi connectivity index (χ3v) is 1.36. The van der Waals surface area contributed by atoms with E-state index in [9.17, 15) is 13.2 Å². The molecular weight excluding hydrogens is 141 g/mol. The van der Waals surface area contributed by atoms with Gasteiger partial charge in [-0.15, -0.1) is 0 Å². The average Bonchev–Trinajstić information content (AvgIpc) is 1.59. The van der Waals surface area contributed by atoms with Crippen molar-refractivity contribution in [2.24, 2.45) is 5.92 Å². The van der Waals surface area contributed by atoms with Gasteiger partial charge in [0.25, 0.3) is 0 Å². The van der Waals surface area contributed by atoms with Crippen LogP contribution in [0.1, 0.15) is 33.1 Å². The van der Waals surface area contributed by atoms with Crippen LogP contribution < -0.4 is 0 Å². The zero-order valence-electron chi connectivity index (χ0n) is 6.33. The Balaban J connectivity index is 3.47. The molecule has 62 valence electrons. The van der Waals surface area contributed by atoms with Gasteiger partial charge in [0.05, 0.1) is 0 Å². The second kappa shape index (κ2) is 3.84. The fourth-order valence-electron chi connectivity index (χ4n) is 0.990. The summed E-state index contributed by atoms with van der Waals surface area (Å²) in [5, 5.41) is 0. The Labute approximate surface area is 59.4 Å². The molecule has 0 unspecified atom stereocenters. The molecule has 0 aromatic heterocycles. The number of rotatable bonds is 3. The summed E-state index contributed by atoms with van der Waals surface area (Å²) in [6.07, 6.45) is -3.12. The van der Waals surface area contributed by atoms with Crippen LogP contribution in [0.15, 0.2) is 0 Å². The molecule has 0 aliphatic rings. The Morgan fingerprint density at radius 2 is 1.80 bits per heavy atom. The number of hydrogen-bond donors (Lipinski definition) is 0. The molecule has 0 nitrogen and oxygen atoms in total. The fourth-order valence-corrected chi connectivity index (χ4v) is 0.990. The SMILES string of the molecule is CCC[C@@H](C)CC(F)(F)F. The Morgan fingerprint density at radius 1 is 1.30 bits per heavy atom. The van der Waals surface area contributed by atoms with Gasteiger partial charge in [-0.2, -0.15) is 13.2 Å². The maximum absolute atomic E-state index is 11.6. The summed E-state index contributed by atoms with van der Waals surface area (Å²) in [5.74, 6) is -0.218. The van der Waals surface area contributed by atoms with Crippen LogP contribution in [0.25, 0.3) is 0 Å². The van der Waals surface area contributed by atoms with Crippen LogP contribution >= 0.6 is 0 Å². The summed E-state index contributed by atoms with van der Waals surface area (Å²) < 4.78 is 34.9. The average molecular weight is 154 g/mol. The van der Waals surface area contributed by atoms with Crippen molar-refractivity contribution in [1.82, 2.24) is 0 Å². The number of halogens is 3. The van der Waals surface area contributed by atoms with Gasteiger partial charge in [0, 0.05) is 6.42 Å². The second-order valence-electron chi connectivity index (χ2n) is 2.71. The molecule has 0 aliphatic carbocycles. The van der Waals surface area contributed by atoms with Gasteiger partial charge < -0.3 is 0 Å². The molecule has 0 aliphatic heterocycles. The van der Waals surface area contributed by atoms with Crippen LogP contribution in [0.4, 0.5) is 13.2 Å². The lowest BCUT2D eigenvalue weighted by atomic mass is 10.0. The van der Waals surface area contributed by atoms with E-state index in [4.69, 9.17) is 0 Å². The molecule has 1 atom stereocenters. The summed E-state index contributed by atoms with van der Waals surface area (Å²) >= 11 is 0. The maximum Gasteiger partial charge on any atom is 0.389 e. The molecule has 0 N–H and O–H groups in total. The van der Waals surface area contributed by atoms with E-state index in [1.807, 2.05) is 6.92 Å². The molecule has 3 heteroatoms. The zero-order chi connectivity index (χ0) is 8.20. The first-order valence-corrected chi connectivity index (χ1v) is 3.52. The summed E-state index contributed by atoms with van der Waals surface area (Å²) in [6, 6.07) is 0.